The first-order valence-electron chi connectivity index (χ1n) is 6.91. The Hall–Kier alpha value is -2.23. The number of unbranched alkanes of at least 4 members (excludes halogenated alkanes) is 1. The highest BCUT2D eigenvalue weighted by molar-refractivity contribution is 5.75. The summed E-state index contributed by atoms with van der Waals surface area (Å²) < 4.78 is 0. The van der Waals surface area contributed by atoms with Gasteiger partial charge in [-0.15, -0.1) is 0 Å². The zero-order chi connectivity index (χ0) is 14.2. The predicted octanol–water partition coefficient (Wildman–Crippen LogP) is 2.95. The molecule has 0 saturated carbocycles. The molecule has 0 atom stereocenters. The van der Waals surface area contributed by atoms with Crippen molar-refractivity contribution in [1.82, 2.24) is 15.3 Å². The zero-order valence-electron chi connectivity index (χ0n) is 11.7. The van der Waals surface area contributed by atoms with E-state index in [-0.39, 0.29) is 5.91 Å². The first-order chi connectivity index (χ1) is 9.79. The topological polar surface area (TPSA) is 54.9 Å². The molecule has 2 heterocycles. The molecule has 2 aromatic rings. The molecule has 2 aromatic heterocycles. The summed E-state index contributed by atoms with van der Waals surface area (Å²) in [6.45, 7) is 2.61. The van der Waals surface area contributed by atoms with Crippen molar-refractivity contribution in [1.29, 1.82) is 0 Å². The number of hydrogen-bond donors (Lipinski definition) is 1. The number of aromatic nitrogens is 2. The minimum atomic E-state index is 0.100. The van der Waals surface area contributed by atoms with Gasteiger partial charge in [0.2, 0.25) is 5.91 Å². The molecule has 0 fully saturated rings. The van der Waals surface area contributed by atoms with Crippen molar-refractivity contribution in [3.05, 3.63) is 48.4 Å². The molecule has 0 spiro atoms. The van der Waals surface area contributed by atoms with E-state index in [1.807, 2.05) is 24.3 Å². The second-order valence-corrected chi connectivity index (χ2v) is 4.67. The van der Waals surface area contributed by atoms with Gasteiger partial charge in [0.15, 0.2) is 0 Å². The molecule has 0 aliphatic carbocycles. The molecule has 0 radical (unpaired) electrons. The maximum atomic E-state index is 11.5. The van der Waals surface area contributed by atoms with Crippen LogP contribution in [0.1, 0.15) is 31.7 Å². The van der Waals surface area contributed by atoms with Gasteiger partial charge in [0.25, 0.3) is 0 Å². The summed E-state index contributed by atoms with van der Waals surface area (Å²) >= 11 is 0. The number of carbonyl (C=O) groups is 1. The summed E-state index contributed by atoms with van der Waals surface area (Å²) in [4.78, 5) is 20.0. The molecule has 0 aliphatic rings. The monoisotopic (exact) mass is 269 g/mol. The second-order valence-electron chi connectivity index (χ2n) is 4.67. The number of nitrogens with zero attached hydrogens (tertiary/aromatic N) is 2. The SMILES string of the molecule is CCCCC(=O)NCc1ccc(-c2cccnc2)nc1. The third-order valence-electron chi connectivity index (χ3n) is 3.03. The van der Waals surface area contributed by atoms with E-state index < -0.39 is 0 Å². The third-order valence-corrected chi connectivity index (χ3v) is 3.03. The quantitative estimate of drug-likeness (QED) is 0.877. The molecule has 20 heavy (non-hydrogen) atoms. The maximum absolute atomic E-state index is 11.5. The predicted molar refractivity (Wildman–Crippen MR) is 78.8 cm³/mol. The first kappa shape index (κ1) is 14.2. The van der Waals surface area contributed by atoms with Gasteiger partial charge in [-0.1, -0.05) is 19.4 Å². The van der Waals surface area contributed by atoms with E-state index in [0.717, 1.165) is 29.7 Å². The molecule has 4 heteroatoms. The van der Waals surface area contributed by atoms with Crippen molar-refractivity contribution in [2.45, 2.75) is 32.7 Å². The minimum absolute atomic E-state index is 0.100. The maximum Gasteiger partial charge on any atom is 0.220 e. The normalized spacial score (nSPS) is 10.2. The van der Waals surface area contributed by atoms with E-state index in [1.54, 1.807) is 18.6 Å². The van der Waals surface area contributed by atoms with Crippen LogP contribution < -0.4 is 5.32 Å². The number of hydrogen-bond acceptors (Lipinski definition) is 3. The van der Waals surface area contributed by atoms with Crippen LogP contribution in [0.25, 0.3) is 11.3 Å². The Morgan fingerprint density at radius 1 is 1.25 bits per heavy atom. The lowest BCUT2D eigenvalue weighted by Gasteiger charge is -2.06. The average molecular weight is 269 g/mol. The average Bonchev–Trinajstić information content (AvgIpc) is 2.52. The fourth-order valence-electron chi connectivity index (χ4n) is 1.84. The highest BCUT2D eigenvalue weighted by Gasteiger charge is 2.02. The molecule has 0 saturated heterocycles. The van der Waals surface area contributed by atoms with Crippen molar-refractivity contribution in [2.24, 2.45) is 0 Å². The number of pyridine rings is 2. The Balaban J connectivity index is 1.90. The summed E-state index contributed by atoms with van der Waals surface area (Å²) in [5.74, 6) is 0.100. The summed E-state index contributed by atoms with van der Waals surface area (Å²) in [6.07, 6.45) is 7.89. The number of carbonyl (C=O) groups excluding carboxylic acids is 1. The third kappa shape index (κ3) is 4.16. The van der Waals surface area contributed by atoms with Crippen molar-refractivity contribution in [3.63, 3.8) is 0 Å². The summed E-state index contributed by atoms with van der Waals surface area (Å²) in [5, 5.41) is 2.90. The Bertz CT molecular complexity index is 537. The lowest BCUT2D eigenvalue weighted by atomic mass is 10.1. The molecule has 0 bridgehead atoms. The summed E-state index contributed by atoms with van der Waals surface area (Å²) in [5.41, 5.74) is 2.88. The molecule has 0 aromatic carbocycles. The van der Waals surface area contributed by atoms with Gasteiger partial charge in [-0.05, 0) is 30.2 Å². The first-order valence-corrected chi connectivity index (χ1v) is 6.91. The van der Waals surface area contributed by atoms with Crippen molar-refractivity contribution in [3.8, 4) is 11.3 Å². The van der Waals surface area contributed by atoms with Gasteiger partial charge in [0.05, 0.1) is 5.69 Å². The molecular weight excluding hydrogens is 250 g/mol. The second kappa shape index (κ2) is 7.38. The molecule has 0 aliphatic heterocycles. The number of amides is 1. The summed E-state index contributed by atoms with van der Waals surface area (Å²) in [7, 11) is 0. The van der Waals surface area contributed by atoms with Gasteiger partial charge in [-0.2, -0.15) is 0 Å². The van der Waals surface area contributed by atoms with E-state index in [1.165, 1.54) is 0 Å². The largest absolute Gasteiger partial charge is 0.352 e. The Kier molecular flexibility index (Phi) is 5.24. The minimum Gasteiger partial charge on any atom is -0.352 e. The Morgan fingerprint density at radius 3 is 2.80 bits per heavy atom. The van der Waals surface area contributed by atoms with E-state index >= 15 is 0 Å². The van der Waals surface area contributed by atoms with Crippen LogP contribution in [0.15, 0.2) is 42.9 Å². The standard InChI is InChI=1S/C16H19N3O/c1-2-3-6-16(20)19-11-13-7-8-15(18-10-13)14-5-4-9-17-12-14/h4-5,7-10,12H,2-3,6,11H2,1H3,(H,19,20). The van der Waals surface area contributed by atoms with E-state index in [0.29, 0.717) is 13.0 Å². The number of rotatable bonds is 6. The molecule has 104 valence electrons. The van der Waals surface area contributed by atoms with Crippen LogP contribution in [0.5, 0.6) is 0 Å². The number of nitrogens with one attached hydrogen (secondary N) is 1. The van der Waals surface area contributed by atoms with Crippen molar-refractivity contribution < 1.29 is 4.79 Å². The van der Waals surface area contributed by atoms with Crippen molar-refractivity contribution >= 4 is 5.91 Å². The van der Waals surface area contributed by atoms with Crippen LogP contribution in [0.4, 0.5) is 0 Å². The van der Waals surface area contributed by atoms with Crippen LogP contribution >= 0.6 is 0 Å². The van der Waals surface area contributed by atoms with Crippen LogP contribution in [0.3, 0.4) is 0 Å². The lowest BCUT2D eigenvalue weighted by Crippen LogP contribution is -2.22. The molecule has 2 rings (SSSR count). The smallest absolute Gasteiger partial charge is 0.220 e. The van der Waals surface area contributed by atoms with Crippen molar-refractivity contribution in [2.75, 3.05) is 0 Å². The fourth-order valence-corrected chi connectivity index (χ4v) is 1.84. The highest BCUT2D eigenvalue weighted by Crippen LogP contribution is 2.15. The Labute approximate surface area is 119 Å². The highest BCUT2D eigenvalue weighted by atomic mass is 16.1. The molecule has 4 nitrogen and oxygen atoms in total. The van der Waals surface area contributed by atoms with Crippen LogP contribution in [-0.2, 0) is 11.3 Å². The van der Waals surface area contributed by atoms with Crippen LogP contribution in [0.2, 0.25) is 0 Å². The zero-order valence-corrected chi connectivity index (χ0v) is 11.7. The molecule has 0 unspecified atom stereocenters. The van der Waals surface area contributed by atoms with E-state index in [4.69, 9.17) is 0 Å². The molecule has 1 N–H and O–H groups in total. The van der Waals surface area contributed by atoms with Gasteiger partial charge in [0, 0.05) is 37.1 Å². The van der Waals surface area contributed by atoms with Gasteiger partial charge in [0.1, 0.15) is 0 Å². The molecule has 1 amide bonds. The summed E-state index contributed by atoms with van der Waals surface area (Å²) in [6, 6.07) is 7.79. The molecular formula is C16H19N3O. The van der Waals surface area contributed by atoms with Gasteiger partial charge in [-0.3, -0.25) is 14.8 Å². The lowest BCUT2D eigenvalue weighted by molar-refractivity contribution is -0.121. The Morgan fingerprint density at radius 2 is 2.15 bits per heavy atom. The van der Waals surface area contributed by atoms with Crippen LogP contribution in [-0.4, -0.2) is 15.9 Å². The fraction of sp³-hybridized carbons (Fsp3) is 0.312. The van der Waals surface area contributed by atoms with Gasteiger partial charge >= 0.3 is 0 Å². The van der Waals surface area contributed by atoms with E-state index in [9.17, 15) is 4.79 Å². The van der Waals surface area contributed by atoms with E-state index in [2.05, 4.69) is 22.2 Å². The van der Waals surface area contributed by atoms with Crippen LogP contribution in [0, 0.1) is 0 Å². The van der Waals surface area contributed by atoms with Gasteiger partial charge < -0.3 is 5.32 Å². The van der Waals surface area contributed by atoms with Gasteiger partial charge in [-0.25, -0.2) is 0 Å².